The van der Waals surface area contributed by atoms with E-state index >= 15 is 0 Å². The van der Waals surface area contributed by atoms with Crippen LogP contribution in [0, 0.1) is 0 Å². The minimum Gasteiger partial charge on any atom is -0.256 e. The molecule has 0 atom stereocenters. The summed E-state index contributed by atoms with van der Waals surface area (Å²) in [6.07, 6.45) is 1.98. The minimum absolute atomic E-state index is 0.118. The van der Waals surface area contributed by atoms with Crippen LogP contribution < -0.4 is 0 Å². The number of rotatable bonds is 1. The highest BCUT2D eigenvalue weighted by molar-refractivity contribution is 5.85. The molecule has 3 rings (SSSR count). The summed E-state index contributed by atoms with van der Waals surface area (Å²) in [4.78, 5) is 4.72. The molecule has 0 N–H and O–H groups in total. The number of hydrogen-bond donors (Lipinski definition) is 0. The molecule has 0 fully saturated rings. The van der Waals surface area contributed by atoms with E-state index in [1.807, 2.05) is 6.20 Å². The molecule has 1 heteroatoms. The second-order valence-electron chi connectivity index (χ2n) is 8.72. The van der Waals surface area contributed by atoms with E-state index in [0.29, 0.717) is 0 Å². The van der Waals surface area contributed by atoms with Crippen LogP contribution in [0.25, 0.3) is 22.0 Å². The van der Waals surface area contributed by atoms with E-state index in [-0.39, 0.29) is 10.8 Å². The second kappa shape index (κ2) is 5.73. The molecule has 0 bridgehead atoms. The molecule has 0 saturated heterocycles. The Hall–Kier alpha value is -2.15. The van der Waals surface area contributed by atoms with Gasteiger partial charge >= 0.3 is 0 Å². The van der Waals surface area contributed by atoms with Crippen molar-refractivity contribution in [3.63, 3.8) is 0 Å². The molecule has 1 heterocycles. The van der Waals surface area contributed by atoms with Crippen molar-refractivity contribution in [3.8, 4) is 11.3 Å². The Balaban J connectivity index is 2.21. The van der Waals surface area contributed by atoms with Crippen molar-refractivity contribution in [1.29, 1.82) is 0 Å². The molecule has 0 aliphatic carbocycles. The Kier molecular flexibility index (Phi) is 3.99. The van der Waals surface area contributed by atoms with Crippen LogP contribution in [0.15, 0.2) is 54.7 Å². The first-order valence-electron chi connectivity index (χ1n) is 8.66. The van der Waals surface area contributed by atoms with Crippen molar-refractivity contribution >= 4 is 10.8 Å². The van der Waals surface area contributed by atoms with Crippen LogP contribution in [0.3, 0.4) is 0 Å². The van der Waals surface area contributed by atoms with Gasteiger partial charge in [0.1, 0.15) is 0 Å². The largest absolute Gasteiger partial charge is 0.256 e. The van der Waals surface area contributed by atoms with Gasteiger partial charge in [-0.3, -0.25) is 4.98 Å². The van der Waals surface area contributed by atoms with E-state index < -0.39 is 0 Å². The summed E-state index contributed by atoms with van der Waals surface area (Å²) in [5, 5.41) is 2.42. The lowest BCUT2D eigenvalue weighted by molar-refractivity contribution is 0.569. The molecule has 1 aromatic heterocycles. The van der Waals surface area contributed by atoms with Crippen LogP contribution in [0.5, 0.6) is 0 Å². The Labute approximate surface area is 145 Å². The van der Waals surface area contributed by atoms with Crippen molar-refractivity contribution in [1.82, 2.24) is 4.98 Å². The first kappa shape index (κ1) is 16.7. The van der Waals surface area contributed by atoms with Crippen molar-refractivity contribution in [3.05, 3.63) is 65.9 Å². The van der Waals surface area contributed by atoms with E-state index in [9.17, 15) is 0 Å². The average Bonchev–Trinajstić information content (AvgIpc) is 2.52. The Morgan fingerprint density at radius 1 is 0.667 bits per heavy atom. The quantitative estimate of drug-likeness (QED) is 0.499. The zero-order valence-corrected chi connectivity index (χ0v) is 15.6. The fourth-order valence-electron chi connectivity index (χ4n) is 2.88. The van der Waals surface area contributed by atoms with Gasteiger partial charge < -0.3 is 0 Å². The fourth-order valence-corrected chi connectivity index (χ4v) is 2.88. The maximum atomic E-state index is 4.72. The third-order valence-electron chi connectivity index (χ3n) is 4.59. The molecule has 0 spiro atoms. The number of fused-ring (bicyclic) bond motifs is 1. The van der Waals surface area contributed by atoms with E-state index in [1.54, 1.807) is 0 Å². The highest BCUT2D eigenvalue weighted by Crippen LogP contribution is 2.34. The molecular weight excluding hydrogens is 290 g/mol. The fraction of sp³-hybridized carbons (Fsp3) is 0.348. The predicted octanol–water partition coefficient (Wildman–Crippen LogP) is 6.50. The first-order chi connectivity index (χ1) is 11.1. The number of aromatic nitrogens is 1. The van der Waals surface area contributed by atoms with E-state index in [0.717, 1.165) is 5.69 Å². The molecule has 124 valence electrons. The SMILES string of the molecule is CC(C)(C)c1cc(-c2cc3ccccc3cn2)cc(C(C)(C)C)c1. The van der Waals surface area contributed by atoms with Gasteiger partial charge in [0.15, 0.2) is 0 Å². The van der Waals surface area contributed by atoms with Gasteiger partial charge in [0, 0.05) is 17.1 Å². The van der Waals surface area contributed by atoms with Crippen LogP contribution in [0.4, 0.5) is 0 Å². The summed E-state index contributed by atoms with van der Waals surface area (Å²) in [6.45, 7) is 13.6. The van der Waals surface area contributed by atoms with Crippen LogP contribution in [0.1, 0.15) is 52.7 Å². The molecule has 1 nitrogen and oxygen atoms in total. The van der Waals surface area contributed by atoms with E-state index in [2.05, 4.69) is 90.1 Å². The lowest BCUT2D eigenvalue weighted by atomic mass is 9.79. The highest BCUT2D eigenvalue weighted by Gasteiger charge is 2.21. The highest BCUT2D eigenvalue weighted by atomic mass is 14.7. The molecule has 0 aliphatic heterocycles. The molecule has 0 amide bonds. The topological polar surface area (TPSA) is 12.9 Å². The molecule has 0 aliphatic rings. The van der Waals surface area contributed by atoms with Gasteiger partial charge in [-0.1, -0.05) is 71.9 Å². The zero-order chi connectivity index (χ0) is 17.5. The van der Waals surface area contributed by atoms with Crippen molar-refractivity contribution in [2.45, 2.75) is 52.4 Å². The molecule has 0 saturated carbocycles. The normalized spacial score (nSPS) is 12.6. The number of hydrogen-bond acceptors (Lipinski definition) is 1. The molecule has 2 aromatic carbocycles. The van der Waals surface area contributed by atoms with Crippen molar-refractivity contribution in [2.24, 2.45) is 0 Å². The summed E-state index contributed by atoms with van der Waals surface area (Å²) in [7, 11) is 0. The maximum absolute atomic E-state index is 4.72. The predicted molar refractivity (Wildman–Crippen MR) is 105 cm³/mol. The standard InChI is InChI=1S/C23H27N/c1-22(2,3)19-11-18(12-20(14-19)23(4,5)6)21-13-16-9-7-8-10-17(16)15-24-21/h7-15H,1-6H3. The number of nitrogens with zero attached hydrogens (tertiary/aromatic N) is 1. The van der Waals surface area contributed by atoms with Gasteiger partial charge in [-0.2, -0.15) is 0 Å². The number of benzene rings is 2. The van der Waals surface area contributed by atoms with Crippen molar-refractivity contribution in [2.75, 3.05) is 0 Å². The van der Waals surface area contributed by atoms with E-state index in [1.165, 1.54) is 27.5 Å². The summed E-state index contributed by atoms with van der Waals surface area (Å²) in [6, 6.07) is 17.5. The Morgan fingerprint density at radius 2 is 1.21 bits per heavy atom. The summed E-state index contributed by atoms with van der Waals surface area (Å²) in [5.41, 5.74) is 5.21. The average molecular weight is 317 g/mol. The van der Waals surface area contributed by atoms with Gasteiger partial charge in [0.05, 0.1) is 5.69 Å². The number of pyridine rings is 1. The molecule has 0 unspecified atom stereocenters. The monoisotopic (exact) mass is 317 g/mol. The van der Waals surface area contributed by atoms with E-state index in [4.69, 9.17) is 4.98 Å². The second-order valence-corrected chi connectivity index (χ2v) is 8.72. The van der Waals surface area contributed by atoms with Crippen LogP contribution in [-0.2, 0) is 10.8 Å². The summed E-state index contributed by atoms with van der Waals surface area (Å²) in [5.74, 6) is 0. The molecular formula is C23H27N. The Morgan fingerprint density at radius 3 is 1.75 bits per heavy atom. The maximum Gasteiger partial charge on any atom is 0.0708 e. The van der Waals surface area contributed by atoms with Gasteiger partial charge in [-0.15, -0.1) is 0 Å². The minimum atomic E-state index is 0.118. The smallest absolute Gasteiger partial charge is 0.0708 e. The lowest BCUT2D eigenvalue weighted by Gasteiger charge is -2.26. The van der Waals surface area contributed by atoms with Gasteiger partial charge in [0.2, 0.25) is 0 Å². The zero-order valence-electron chi connectivity index (χ0n) is 15.6. The molecule has 24 heavy (non-hydrogen) atoms. The summed E-state index contributed by atoms with van der Waals surface area (Å²) >= 11 is 0. The van der Waals surface area contributed by atoms with Crippen molar-refractivity contribution < 1.29 is 0 Å². The Bertz CT molecular complexity index is 844. The van der Waals surface area contributed by atoms with Gasteiger partial charge in [-0.25, -0.2) is 0 Å². The third-order valence-corrected chi connectivity index (χ3v) is 4.59. The first-order valence-corrected chi connectivity index (χ1v) is 8.66. The summed E-state index contributed by atoms with van der Waals surface area (Å²) < 4.78 is 0. The van der Waals surface area contributed by atoms with Crippen LogP contribution >= 0.6 is 0 Å². The lowest BCUT2D eigenvalue weighted by Crippen LogP contribution is -2.16. The van der Waals surface area contributed by atoms with Gasteiger partial charge in [0.25, 0.3) is 0 Å². The van der Waals surface area contributed by atoms with Crippen LogP contribution in [0.2, 0.25) is 0 Å². The van der Waals surface area contributed by atoms with Gasteiger partial charge in [-0.05, 0) is 45.5 Å². The third kappa shape index (κ3) is 3.36. The molecule has 0 radical (unpaired) electrons. The van der Waals surface area contributed by atoms with Crippen LogP contribution in [-0.4, -0.2) is 4.98 Å². The molecule has 3 aromatic rings.